The summed E-state index contributed by atoms with van der Waals surface area (Å²) in [6.45, 7) is 0.965. The number of benzene rings is 1. The van der Waals surface area contributed by atoms with Crippen LogP contribution in [0.2, 0.25) is 0 Å². The van der Waals surface area contributed by atoms with Crippen molar-refractivity contribution in [2.45, 2.75) is 44.7 Å². The van der Waals surface area contributed by atoms with Gasteiger partial charge in [0.2, 0.25) is 0 Å². The molecule has 1 fully saturated rings. The topological polar surface area (TPSA) is 12.0 Å². The van der Waals surface area contributed by atoms with Crippen molar-refractivity contribution in [2.75, 3.05) is 0 Å². The van der Waals surface area contributed by atoms with Gasteiger partial charge in [-0.25, -0.2) is 0 Å². The maximum absolute atomic E-state index is 3.82. The first-order valence-corrected chi connectivity index (χ1v) is 9.46. The predicted molar refractivity (Wildman–Crippen MR) is 94.6 cm³/mol. The zero-order valence-corrected chi connectivity index (χ0v) is 14.6. The average Bonchev–Trinajstić information content (AvgIpc) is 2.95. The number of nitrogens with one attached hydrogen (secondary N) is 1. The van der Waals surface area contributed by atoms with Gasteiger partial charge in [-0.1, -0.05) is 49.6 Å². The molecule has 1 N–H and O–H groups in total. The number of thiophene rings is 1. The van der Waals surface area contributed by atoms with E-state index < -0.39 is 0 Å². The van der Waals surface area contributed by atoms with E-state index in [2.05, 4.69) is 63.7 Å². The van der Waals surface area contributed by atoms with Gasteiger partial charge >= 0.3 is 0 Å². The summed E-state index contributed by atoms with van der Waals surface area (Å²) in [6, 6.07) is 15.8. The Morgan fingerprint density at radius 2 is 1.81 bits per heavy atom. The lowest BCUT2D eigenvalue weighted by atomic mass is 9.81. The number of halogens is 1. The molecule has 2 aromatic rings. The summed E-state index contributed by atoms with van der Waals surface area (Å²) in [5.41, 5.74) is 1.44. The molecule has 1 nitrogen and oxygen atoms in total. The van der Waals surface area contributed by atoms with E-state index in [9.17, 15) is 0 Å². The second-order valence-corrected chi connectivity index (χ2v) is 8.42. The molecule has 0 spiro atoms. The molecule has 21 heavy (non-hydrogen) atoms. The molecule has 3 rings (SSSR count). The molecule has 0 aliphatic heterocycles. The number of rotatable bonds is 5. The third-order valence-corrected chi connectivity index (χ3v) is 6.03. The molecule has 0 radical (unpaired) electrons. The van der Waals surface area contributed by atoms with Crippen LogP contribution in [0, 0.1) is 5.92 Å². The Kier molecular flexibility index (Phi) is 5.50. The Morgan fingerprint density at radius 3 is 2.48 bits per heavy atom. The number of hydrogen-bond donors (Lipinski definition) is 1. The first-order chi connectivity index (χ1) is 10.3. The Morgan fingerprint density at radius 1 is 1.05 bits per heavy atom. The van der Waals surface area contributed by atoms with E-state index in [0.717, 1.165) is 12.5 Å². The van der Waals surface area contributed by atoms with Crippen LogP contribution in [-0.2, 0) is 6.54 Å². The quantitative estimate of drug-likeness (QED) is 0.694. The van der Waals surface area contributed by atoms with Gasteiger partial charge in [0.15, 0.2) is 0 Å². The summed E-state index contributed by atoms with van der Waals surface area (Å²) < 4.78 is 1.22. The van der Waals surface area contributed by atoms with Gasteiger partial charge < -0.3 is 5.32 Å². The smallest absolute Gasteiger partial charge is 0.0701 e. The molecular weight excluding hydrogens is 342 g/mol. The predicted octanol–water partition coefficient (Wildman–Crippen LogP) is 5.92. The van der Waals surface area contributed by atoms with Crippen LogP contribution in [0.15, 0.2) is 46.3 Å². The van der Waals surface area contributed by atoms with Crippen molar-refractivity contribution >= 4 is 27.3 Å². The molecule has 1 unspecified atom stereocenters. The van der Waals surface area contributed by atoms with Crippen LogP contribution in [0.3, 0.4) is 0 Å². The standard InChI is InChI=1S/C18H22BrNS/c19-17-12-11-16(21-17)13-20-18(14-7-3-1-4-8-14)15-9-5-2-6-10-15/h1,3-4,7-8,11-12,15,18,20H,2,5-6,9-10,13H2. The normalized spacial score (nSPS) is 17.8. The van der Waals surface area contributed by atoms with Crippen molar-refractivity contribution in [3.63, 3.8) is 0 Å². The van der Waals surface area contributed by atoms with Gasteiger partial charge in [0.1, 0.15) is 0 Å². The van der Waals surface area contributed by atoms with E-state index in [4.69, 9.17) is 0 Å². The molecule has 1 aliphatic carbocycles. The van der Waals surface area contributed by atoms with E-state index in [1.807, 2.05) is 11.3 Å². The van der Waals surface area contributed by atoms with Gasteiger partial charge in [-0.15, -0.1) is 11.3 Å². The fourth-order valence-corrected chi connectivity index (χ4v) is 4.78. The van der Waals surface area contributed by atoms with E-state index in [-0.39, 0.29) is 0 Å². The lowest BCUT2D eigenvalue weighted by molar-refractivity contribution is 0.270. The summed E-state index contributed by atoms with van der Waals surface area (Å²) in [5.74, 6) is 0.782. The van der Waals surface area contributed by atoms with Crippen molar-refractivity contribution in [3.05, 3.63) is 56.7 Å². The van der Waals surface area contributed by atoms with Gasteiger partial charge in [-0.2, -0.15) is 0 Å². The summed E-state index contributed by atoms with van der Waals surface area (Å²) in [4.78, 5) is 1.40. The summed E-state index contributed by atoms with van der Waals surface area (Å²) in [7, 11) is 0. The molecule has 112 valence electrons. The highest BCUT2D eigenvalue weighted by Crippen LogP contribution is 2.35. The summed E-state index contributed by atoms with van der Waals surface area (Å²) >= 11 is 5.38. The van der Waals surface area contributed by atoms with E-state index >= 15 is 0 Å². The minimum absolute atomic E-state index is 0.493. The summed E-state index contributed by atoms with van der Waals surface area (Å²) in [6.07, 6.45) is 6.91. The van der Waals surface area contributed by atoms with Crippen molar-refractivity contribution in [2.24, 2.45) is 5.92 Å². The highest BCUT2D eigenvalue weighted by molar-refractivity contribution is 9.11. The van der Waals surface area contributed by atoms with Gasteiger partial charge in [-0.3, -0.25) is 0 Å². The highest BCUT2D eigenvalue weighted by atomic mass is 79.9. The third kappa shape index (κ3) is 4.18. The van der Waals surface area contributed by atoms with Crippen LogP contribution in [0.5, 0.6) is 0 Å². The molecule has 0 saturated heterocycles. The average molecular weight is 364 g/mol. The summed E-state index contributed by atoms with van der Waals surface area (Å²) in [5, 5.41) is 3.82. The van der Waals surface area contributed by atoms with Crippen LogP contribution in [0.25, 0.3) is 0 Å². The SMILES string of the molecule is Brc1ccc(CNC(c2ccccc2)C2CCCCC2)s1. The van der Waals surface area contributed by atoms with Crippen LogP contribution in [0.4, 0.5) is 0 Å². The van der Waals surface area contributed by atoms with Crippen LogP contribution >= 0.6 is 27.3 Å². The molecule has 3 heteroatoms. The van der Waals surface area contributed by atoms with Gasteiger partial charge in [0, 0.05) is 17.5 Å². The van der Waals surface area contributed by atoms with Gasteiger partial charge in [0.25, 0.3) is 0 Å². The highest BCUT2D eigenvalue weighted by Gasteiger charge is 2.24. The molecule has 0 amide bonds. The van der Waals surface area contributed by atoms with Gasteiger partial charge in [0.05, 0.1) is 3.79 Å². The van der Waals surface area contributed by atoms with Gasteiger partial charge in [-0.05, 0) is 52.4 Å². The first-order valence-electron chi connectivity index (χ1n) is 7.85. The molecule has 1 heterocycles. The molecule has 1 aromatic carbocycles. The molecule has 1 aromatic heterocycles. The molecular formula is C18H22BrNS. The third-order valence-electron chi connectivity index (χ3n) is 4.40. The Labute approximate surface area is 139 Å². The zero-order valence-electron chi connectivity index (χ0n) is 12.2. The van der Waals surface area contributed by atoms with Crippen molar-refractivity contribution in [3.8, 4) is 0 Å². The van der Waals surface area contributed by atoms with Crippen LogP contribution in [0.1, 0.15) is 48.6 Å². The molecule has 1 saturated carbocycles. The zero-order chi connectivity index (χ0) is 14.5. The molecule has 1 aliphatic rings. The number of hydrogen-bond acceptors (Lipinski definition) is 2. The molecule has 0 bridgehead atoms. The van der Waals surface area contributed by atoms with Crippen LogP contribution in [-0.4, -0.2) is 0 Å². The van der Waals surface area contributed by atoms with E-state index in [0.29, 0.717) is 6.04 Å². The monoisotopic (exact) mass is 363 g/mol. The minimum atomic E-state index is 0.493. The first kappa shape index (κ1) is 15.3. The lowest BCUT2D eigenvalue weighted by Gasteiger charge is -2.31. The van der Waals surface area contributed by atoms with Crippen molar-refractivity contribution in [1.29, 1.82) is 0 Å². The Hall–Kier alpha value is -0.640. The fraction of sp³-hybridized carbons (Fsp3) is 0.444. The lowest BCUT2D eigenvalue weighted by Crippen LogP contribution is -2.29. The van der Waals surface area contributed by atoms with E-state index in [1.165, 1.54) is 46.3 Å². The minimum Gasteiger partial charge on any atom is -0.305 e. The fourth-order valence-electron chi connectivity index (χ4n) is 3.34. The molecule has 1 atom stereocenters. The van der Waals surface area contributed by atoms with Crippen molar-refractivity contribution in [1.82, 2.24) is 5.32 Å². The second-order valence-electron chi connectivity index (χ2n) is 5.87. The van der Waals surface area contributed by atoms with E-state index in [1.54, 1.807) is 0 Å². The Bertz CT molecular complexity index is 545. The van der Waals surface area contributed by atoms with Crippen molar-refractivity contribution < 1.29 is 0 Å². The maximum atomic E-state index is 3.82. The maximum Gasteiger partial charge on any atom is 0.0701 e. The second kappa shape index (κ2) is 7.57. The largest absolute Gasteiger partial charge is 0.305 e. The Balaban J connectivity index is 1.72. The van der Waals surface area contributed by atoms with Crippen LogP contribution < -0.4 is 5.32 Å².